The molecule has 2 amide bonds. The predicted molar refractivity (Wildman–Crippen MR) is 115 cm³/mol. The Hall–Kier alpha value is -3.01. The fourth-order valence-electron chi connectivity index (χ4n) is 4.09. The number of ether oxygens (including phenoxy) is 2. The summed E-state index contributed by atoms with van der Waals surface area (Å²) in [6.07, 6.45) is 2.53. The molecular weight excluding hydrogens is 456 g/mol. The third-order valence-corrected chi connectivity index (χ3v) is 6.16. The molecule has 0 radical (unpaired) electrons. The zero-order valence-electron chi connectivity index (χ0n) is 18.4. The zero-order valence-corrected chi connectivity index (χ0v) is 18.4. The normalized spacial score (nSPS) is 20.0. The summed E-state index contributed by atoms with van der Waals surface area (Å²) >= 11 is 0. The number of likely N-dealkylation sites (tertiary alicyclic amines) is 1. The summed E-state index contributed by atoms with van der Waals surface area (Å²) in [5.41, 5.74) is 0.906. The lowest BCUT2D eigenvalue weighted by Crippen LogP contribution is -2.44. The van der Waals surface area contributed by atoms with Gasteiger partial charge >= 0.3 is 12.6 Å². The number of nitrogens with zero attached hydrogens (tertiary/aromatic N) is 1. The number of carbonyl (C=O) groups is 1. The Morgan fingerprint density at radius 3 is 2.62 bits per heavy atom. The van der Waals surface area contributed by atoms with Crippen molar-refractivity contribution in [2.75, 3.05) is 19.8 Å². The van der Waals surface area contributed by atoms with Crippen molar-refractivity contribution >= 4 is 6.03 Å². The first-order valence-corrected chi connectivity index (χ1v) is 11.1. The van der Waals surface area contributed by atoms with E-state index in [1.54, 1.807) is 12.1 Å². The Balaban J connectivity index is 1.44. The molecule has 0 spiro atoms. The molecule has 2 fully saturated rings. The minimum atomic E-state index is -2.98. The Labute approximate surface area is 194 Å². The number of hydrogen-bond acceptors (Lipinski definition) is 4. The molecule has 1 unspecified atom stereocenters. The van der Waals surface area contributed by atoms with Crippen LogP contribution in [0.15, 0.2) is 36.4 Å². The van der Waals surface area contributed by atoms with Crippen LogP contribution >= 0.6 is 0 Å². The average molecular weight is 482 g/mol. The standard InChI is InChI=1S/C24H26F4N2O4/c25-18-5-3-16(20(26)9-18)10-29-24(32)30-11-17(7-19(30)12-31)15-4-6-21(34-23(27)28)22(8-15)33-13-14-1-2-14/h3-6,8-9,14,17,19,23,31H,1-2,7,10-13H2,(H,29,32)/t17?,19-/m0/s1. The van der Waals surface area contributed by atoms with Gasteiger partial charge in [0.25, 0.3) is 0 Å². The van der Waals surface area contributed by atoms with Crippen LogP contribution in [0.3, 0.4) is 0 Å². The van der Waals surface area contributed by atoms with Gasteiger partial charge in [-0.25, -0.2) is 13.6 Å². The number of alkyl halides is 2. The van der Waals surface area contributed by atoms with Crippen LogP contribution in [0.5, 0.6) is 11.5 Å². The molecule has 34 heavy (non-hydrogen) atoms. The SMILES string of the molecule is O=C(NCc1ccc(F)cc1F)N1CC(c2ccc(OC(F)F)c(OCC3CC3)c2)C[C@H]1CO. The summed E-state index contributed by atoms with van der Waals surface area (Å²) in [7, 11) is 0. The molecule has 1 aliphatic carbocycles. The van der Waals surface area contributed by atoms with Crippen LogP contribution in [0.25, 0.3) is 0 Å². The largest absolute Gasteiger partial charge is 0.489 e. The van der Waals surface area contributed by atoms with Crippen molar-refractivity contribution in [1.29, 1.82) is 0 Å². The van der Waals surface area contributed by atoms with Crippen molar-refractivity contribution < 1.29 is 36.9 Å². The van der Waals surface area contributed by atoms with E-state index in [9.17, 15) is 27.5 Å². The molecule has 10 heteroatoms. The highest BCUT2D eigenvalue weighted by atomic mass is 19.3. The highest BCUT2D eigenvalue weighted by Crippen LogP contribution is 2.38. The fraction of sp³-hybridized carbons (Fsp3) is 0.458. The van der Waals surface area contributed by atoms with Crippen molar-refractivity contribution in [1.82, 2.24) is 10.2 Å². The van der Waals surface area contributed by atoms with Gasteiger partial charge < -0.3 is 24.8 Å². The Morgan fingerprint density at radius 2 is 1.94 bits per heavy atom. The number of rotatable bonds is 9. The molecule has 6 nitrogen and oxygen atoms in total. The van der Waals surface area contributed by atoms with Crippen LogP contribution in [-0.4, -0.2) is 48.4 Å². The van der Waals surface area contributed by atoms with E-state index in [0.29, 0.717) is 18.9 Å². The molecule has 0 bridgehead atoms. The van der Waals surface area contributed by atoms with Gasteiger partial charge in [-0.1, -0.05) is 12.1 Å². The molecule has 2 aromatic carbocycles. The minimum absolute atomic E-state index is 0.0490. The van der Waals surface area contributed by atoms with Gasteiger partial charge in [0.05, 0.1) is 19.3 Å². The summed E-state index contributed by atoms with van der Waals surface area (Å²) in [5, 5.41) is 12.4. The number of benzene rings is 2. The van der Waals surface area contributed by atoms with Gasteiger partial charge in [-0.3, -0.25) is 0 Å². The molecule has 2 N–H and O–H groups in total. The molecule has 1 saturated carbocycles. The second-order valence-electron chi connectivity index (χ2n) is 8.65. The van der Waals surface area contributed by atoms with Crippen LogP contribution < -0.4 is 14.8 Å². The van der Waals surface area contributed by atoms with Crippen molar-refractivity contribution in [2.45, 2.75) is 44.4 Å². The predicted octanol–water partition coefficient (Wildman–Crippen LogP) is 4.42. The maximum Gasteiger partial charge on any atom is 0.387 e. The van der Waals surface area contributed by atoms with Crippen molar-refractivity contribution in [3.05, 3.63) is 59.2 Å². The molecule has 184 valence electrons. The van der Waals surface area contributed by atoms with Crippen LogP contribution in [0, 0.1) is 17.6 Å². The number of amides is 2. The lowest BCUT2D eigenvalue weighted by atomic mass is 9.96. The first kappa shape index (κ1) is 24.1. The lowest BCUT2D eigenvalue weighted by molar-refractivity contribution is -0.0515. The maximum absolute atomic E-state index is 13.9. The third-order valence-electron chi connectivity index (χ3n) is 6.16. The molecule has 2 aromatic rings. The van der Waals surface area contributed by atoms with E-state index in [-0.39, 0.29) is 42.7 Å². The molecular formula is C24H26F4N2O4. The van der Waals surface area contributed by atoms with Gasteiger partial charge in [-0.2, -0.15) is 8.78 Å². The second-order valence-corrected chi connectivity index (χ2v) is 8.65. The molecule has 1 saturated heterocycles. The Morgan fingerprint density at radius 1 is 1.15 bits per heavy atom. The van der Waals surface area contributed by atoms with Crippen molar-refractivity contribution in [2.24, 2.45) is 5.92 Å². The number of aliphatic hydroxyl groups excluding tert-OH is 1. The topological polar surface area (TPSA) is 71.0 Å². The number of hydrogen-bond donors (Lipinski definition) is 2. The van der Waals surface area contributed by atoms with Gasteiger partial charge in [0.15, 0.2) is 11.5 Å². The maximum atomic E-state index is 13.9. The zero-order chi connectivity index (χ0) is 24.2. The first-order chi connectivity index (χ1) is 16.3. The van der Waals surface area contributed by atoms with E-state index < -0.39 is 30.3 Å². The number of carbonyl (C=O) groups excluding carboxylic acids is 1. The monoisotopic (exact) mass is 482 g/mol. The molecule has 2 atom stereocenters. The molecule has 0 aromatic heterocycles. The lowest BCUT2D eigenvalue weighted by Gasteiger charge is -2.23. The highest BCUT2D eigenvalue weighted by Gasteiger charge is 2.36. The van der Waals surface area contributed by atoms with Gasteiger partial charge in [-0.05, 0) is 48.9 Å². The minimum Gasteiger partial charge on any atom is -0.489 e. The van der Waals surface area contributed by atoms with Gasteiger partial charge in [0.1, 0.15) is 11.6 Å². The second kappa shape index (κ2) is 10.5. The van der Waals surface area contributed by atoms with Crippen LogP contribution in [0.1, 0.15) is 36.3 Å². The quantitative estimate of drug-likeness (QED) is 0.520. The van der Waals surface area contributed by atoms with Crippen LogP contribution in [0.4, 0.5) is 22.4 Å². The van der Waals surface area contributed by atoms with E-state index in [0.717, 1.165) is 30.5 Å². The Bertz CT molecular complexity index is 1020. The van der Waals surface area contributed by atoms with E-state index in [4.69, 9.17) is 4.74 Å². The van der Waals surface area contributed by atoms with E-state index >= 15 is 0 Å². The van der Waals surface area contributed by atoms with Gasteiger partial charge in [0, 0.05) is 30.6 Å². The number of halogens is 4. The Kier molecular flexibility index (Phi) is 7.45. The van der Waals surface area contributed by atoms with Crippen LogP contribution in [-0.2, 0) is 6.54 Å². The summed E-state index contributed by atoms with van der Waals surface area (Å²) in [6, 6.07) is 6.87. The summed E-state index contributed by atoms with van der Waals surface area (Å²) < 4.78 is 62.8. The van der Waals surface area contributed by atoms with Gasteiger partial charge in [-0.15, -0.1) is 0 Å². The average Bonchev–Trinajstić information content (AvgIpc) is 3.53. The van der Waals surface area contributed by atoms with Crippen LogP contribution in [0.2, 0.25) is 0 Å². The first-order valence-electron chi connectivity index (χ1n) is 11.1. The van der Waals surface area contributed by atoms with E-state index in [2.05, 4.69) is 10.1 Å². The van der Waals surface area contributed by atoms with Gasteiger partial charge in [0.2, 0.25) is 0 Å². The summed E-state index contributed by atoms with van der Waals surface area (Å²) in [6.45, 7) is -2.71. The third kappa shape index (κ3) is 5.91. The van der Waals surface area contributed by atoms with Crippen molar-refractivity contribution in [3.63, 3.8) is 0 Å². The fourth-order valence-corrected chi connectivity index (χ4v) is 4.09. The number of aliphatic hydroxyl groups is 1. The smallest absolute Gasteiger partial charge is 0.387 e. The summed E-state index contributed by atoms with van der Waals surface area (Å²) in [4.78, 5) is 14.2. The molecule has 4 rings (SSSR count). The summed E-state index contributed by atoms with van der Waals surface area (Å²) in [5.74, 6) is -1.05. The molecule has 1 aliphatic heterocycles. The highest BCUT2D eigenvalue weighted by molar-refractivity contribution is 5.75. The number of urea groups is 1. The number of nitrogens with one attached hydrogen (secondary N) is 1. The van der Waals surface area contributed by atoms with E-state index in [1.165, 1.54) is 17.0 Å². The van der Waals surface area contributed by atoms with Crippen molar-refractivity contribution in [3.8, 4) is 11.5 Å². The molecule has 1 heterocycles. The molecule has 2 aliphatic rings. The van der Waals surface area contributed by atoms with E-state index in [1.807, 2.05) is 0 Å².